The molecule has 0 saturated carbocycles. The summed E-state index contributed by atoms with van der Waals surface area (Å²) in [6.45, 7) is 13.3. The molecule has 0 bridgehead atoms. The average Bonchev–Trinajstić information content (AvgIpc) is 3.54. The largest absolute Gasteiger partial charge is 0.404 e. The van der Waals surface area contributed by atoms with Gasteiger partial charge in [-0.15, -0.1) is 0 Å². The molecule has 0 radical (unpaired) electrons. The molecule has 3 heterocycles. The predicted octanol–water partition coefficient (Wildman–Crippen LogP) is 5.39. The molecule has 3 atom stereocenters. The van der Waals surface area contributed by atoms with E-state index in [2.05, 4.69) is 115 Å². The van der Waals surface area contributed by atoms with E-state index >= 15 is 0 Å². The van der Waals surface area contributed by atoms with E-state index in [-0.39, 0.29) is 17.1 Å². The Kier molecular flexibility index (Phi) is 6.19. The van der Waals surface area contributed by atoms with Gasteiger partial charge in [-0.2, -0.15) is 0 Å². The molecular formula is C32H37N3O3Si. The molecule has 0 unspecified atom stereocenters. The molecule has 202 valence electrons. The van der Waals surface area contributed by atoms with Crippen LogP contribution in [0, 0.1) is 6.92 Å². The van der Waals surface area contributed by atoms with E-state index in [1.807, 2.05) is 20.8 Å². The van der Waals surface area contributed by atoms with Crippen LogP contribution in [0.3, 0.4) is 0 Å². The van der Waals surface area contributed by atoms with Crippen molar-refractivity contribution in [2.75, 3.05) is 6.61 Å². The number of rotatable bonds is 6. The highest BCUT2D eigenvalue weighted by Gasteiger charge is 2.61. The molecule has 0 spiro atoms. The summed E-state index contributed by atoms with van der Waals surface area (Å²) in [6.07, 6.45) is 5.69. The Morgan fingerprint density at radius 1 is 0.949 bits per heavy atom. The lowest BCUT2D eigenvalue weighted by Gasteiger charge is -2.45. The molecular weight excluding hydrogens is 502 g/mol. The minimum Gasteiger partial charge on any atom is -0.404 e. The molecule has 1 N–H and O–H groups in total. The minimum atomic E-state index is -2.80. The maximum atomic E-state index is 7.45. The van der Waals surface area contributed by atoms with Gasteiger partial charge in [0.1, 0.15) is 23.7 Å². The van der Waals surface area contributed by atoms with Crippen molar-refractivity contribution in [1.29, 1.82) is 0 Å². The first kappa shape index (κ1) is 26.1. The van der Waals surface area contributed by atoms with Crippen LogP contribution in [-0.2, 0) is 13.9 Å². The first-order chi connectivity index (χ1) is 18.6. The molecule has 6 nitrogen and oxygen atoms in total. The highest BCUT2D eigenvalue weighted by atomic mass is 28.4. The standard InChI is InChI=1S/C32H37N3O3Si/c1-22-25-19-27(35-29(25)34-21-33-22)26-17-18-28-32(26,38-31(5,6)37-28)20-36-39(30(2,3)4,23-13-9-7-10-14-23)24-15-11-8-12-16-24/h7-19,21,26,28H,20H2,1-6H3,(H,33,34,35)/t26-,28-,32-/m1/s1. The summed E-state index contributed by atoms with van der Waals surface area (Å²) in [5.41, 5.74) is 2.07. The summed E-state index contributed by atoms with van der Waals surface area (Å²) in [5.74, 6) is -0.847. The van der Waals surface area contributed by atoms with Gasteiger partial charge < -0.3 is 18.9 Å². The summed E-state index contributed by atoms with van der Waals surface area (Å²) in [4.78, 5) is 12.4. The lowest BCUT2D eigenvalue weighted by molar-refractivity contribution is -0.172. The Labute approximate surface area is 231 Å². The van der Waals surface area contributed by atoms with Gasteiger partial charge in [0.05, 0.1) is 18.2 Å². The molecule has 2 aromatic heterocycles. The van der Waals surface area contributed by atoms with Crippen molar-refractivity contribution in [2.45, 2.75) is 70.0 Å². The van der Waals surface area contributed by atoms with Crippen molar-refractivity contribution >= 4 is 29.7 Å². The number of aryl methyl sites for hydroxylation is 1. The predicted molar refractivity (Wildman–Crippen MR) is 157 cm³/mol. The second-order valence-corrected chi connectivity index (χ2v) is 16.6. The number of H-pyrrole nitrogens is 1. The Bertz CT molecular complexity index is 1470. The number of fused-ring (bicyclic) bond motifs is 2. The third kappa shape index (κ3) is 4.19. The second kappa shape index (κ2) is 9.23. The topological polar surface area (TPSA) is 69.3 Å². The van der Waals surface area contributed by atoms with Crippen molar-refractivity contribution in [3.05, 3.63) is 96.6 Å². The van der Waals surface area contributed by atoms with Gasteiger partial charge in [0.15, 0.2) is 5.79 Å². The van der Waals surface area contributed by atoms with Crippen LogP contribution in [-0.4, -0.2) is 47.4 Å². The van der Waals surface area contributed by atoms with Crippen molar-refractivity contribution in [3.8, 4) is 0 Å². The van der Waals surface area contributed by atoms with Crippen molar-refractivity contribution in [1.82, 2.24) is 15.0 Å². The SMILES string of the molecule is Cc1ncnc2[nH]c([C@H]3C=C[C@H]4OC(C)(C)O[C@]34CO[Si](c3ccccc3)(c3ccccc3)C(C)(C)C)cc12. The molecule has 0 amide bonds. The molecule has 39 heavy (non-hydrogen) atoms. The summed E-state index contributed by atoms with van der Waals surface area (Å²) >= 11 is 0. The highest BCUT2D eigenvalue weighted by Crippen LogP contribution is 2.51. The first-order valence-corrected chi connectivity index (χ1v) is 15.6. The third-order valence-electron chi connectivity index (χ3n) is 8.24. The van der Waals surface area contributed by atoms with E-state index in [9.17, 15) is 0 Å². The fraction of sp³-hybridized carbons (Fsp3) is 0.375. The number of hydrogen-bond acceptors (Lipinski definition) is 5. The maximum Gasteiger partial charge on any atom is 0.261 e. The smallest absolute Gasteiger partial charge is 0.261 e. The fourth-order valence-electron chi connectivity index (χ4n) is 6.57. The van der Waals surface area contributed by atoms with Crippen LogP contribution in [0.4, 0.5) is 0 Å². The van der Waals surface area contributed by atoms with Gasteiger partial charge in [-0.25, -0.2) is 9.97 Å². The van der Waals surface area contributed by atoms with Crippen LogP contribution in [0.25, 0.3) is 11.0 Å². The summed E-state index contributed by atoms with van der Waals surface area (Å²) < 4.78 is 20.8. The summed E-state index contributed by atoms with van der Waals surface area (Å²) in [6, 6.07) is 23.6. The molecule has 2 aliphatic rings. The van der Waals surface area contributed by atoms with Gasteiger partial charge in [-0.3, -0.25) is 0 Å². The first-order valence-electron chi connectivity index (χ1n) is 13.7. The molecule has 1 aliphatic carbocycles. The van der Waals surface area contributed by atoms with Crippen LogP contribution in [0.15, 0.2) is 85.2 Å². The number of ether oxygens (including phenoxy) is 2. The van der Waals surface area contributed by atoms with Gasteiger partial charge in [0.2, 0.25) is 0 Å². The number of aromatic amines is 1. The van der Waals surface area contributed by atoms with Gasteiger partial charge in [-0.05, 0) is 42.2 Å². The highest BCUT2D eigenvalue weighted by molar-refractivity contribution is 6.99. The van der Waals surface area contributed by atoms with E-state index in [1.165, 1.54) is 10.4 Å². The molecule has 7 heteroatoms. The number of benzene rings is 2. The van der Waals surface area contributed by atoms with E-state index in [1.54, 1.807) is 6.33 Å². The van der Waals surface area contributed by atoms with Gasteiger partial charge in [0, 0.05) is 11.1 Å². The minimum absolute atomic E-state index is 0.101. The van der Waals surface area contributed by atoms with Crippen molar-refractivity contribution in [2.24, 2.45) is 0 Å². The quantitative estimate of drug-likeness (QED) is 0.263. The molecule has 2 aromatic carbocycles. The van der Waals surface area contributed by atoms with E-state index < -0.39 is 19.7 Å². The molecule has 4 aromatic rings. The van der Waals surface area contributed by atoms with Gasteiger partial charge in [-0.1, -0.05) is 93.6 Å². The number of aromatic nitrogens is 3. The third-order valence-corrected chi connectivity index (χ3v) is 13.2. The van der Waals surface area contributed by atoms with Crippen LogP contribution in [0.5, 0.6) is 0 Å². The zero-order chi connectivity index (χ0) is 27.5. The van der Waals surface area contributed by atoms with Crippen LogP contribution >= 0.6 is 0 Å². The molecule has 1 fully saturated rings. The van der Waals surface area contributed by atoms with Crippen molar-refractivity contribution in [3.63, 3.8) is 0 Å². The summed E-state index contributed by atoms with van der Waals surface area (Å²) in [7, 11) is -2.80. The zero-order valence-corrected chi connectivity index (χ0v) is 24.6. The average molecular weight is 540 g/mol. The number of nitrogens with zero attached hydrogens (tertiary/aromatic N) is 2. The Morgan fingerprint density at radius 3 is 2.18 bits per heavy atom. The monoisotopic (exact) mass is 539 g/mol. The number of hydrogen-bond donors (Lipinski definition) is 1. The number of nitrogens with one attached hydrogen (secondary N) is 1. The molecule has 1 saturated heterocycles. The van der Waals surface area contributed by atoms with Crippen LogP contribution in [0.1, 0.15) is 51.9 Å². The second-order valence-electron chi connectivity index (χ2n) is 12.3. The maximum absolute atomic E-state index is 7.45. The fourth-order valence-corrected chi connectivity index (χ4v) is 11.2. The zero-order valence-electron chi connectivity index (χ0n) is 23.6. The lowest BCUT2D eigenvalue weighted by atomic mass is 9.86. The van der Waals surface area contributed by atoms with E-state index in [0.717, 1.165) is 22.4 Å². The molecule has 1 aliphatic heterocycles. The van der Waals surface area contributed by atoms with Crippen molar-refractivity contribution < 1.29 is 13.9 Å². The van der Waals surface area contributed by atoms with Crippen LogP contribution < -0.4 is 10.4 Å². The Morgan fingerprint density at radius 2 is 1.59 bits per heavy atom. The van der Waals surface area contributed by atoms with E-state index in [0.29, 0.717) is 6.61 Å². The van der Waals surface area contributed by atoms with Crippen LogP contribution in [0.2, 0.25) is 5.04 Å². The lowest BCUT2D eigenvalue weighted by Crippen LogP contribution is -2.68. The molecule has 6 rings (SSSR count). The normalized spacial score (nSPS) is 24.4. The Balaban J connectivity index is 1.47. The van der Waals surface area contributed by atoms with E-state index in [4.69, 9.17) is 13.9 Å². The summed E-state index contributed by atoms with van der Waals surface area (Å²) in [5, 5.41) is 3.36. The van der Waals surface area contributed by atoms with Gasteiger partial charge in [0.25, 0.3) is 8.32 Å². The Hall–Kier alpha value is -3.10. The van der Waals surface area contributed by atoms with Gasteiger partial charge >= 0.3 is 0 Å².